The molecule has 0 fully saturated rings. The lowest BCUT2D eigenvalue weighted by molar-refractivity contribution is 0.636. The summed E-state index contributed by atoms with van der Waals surface area (Å²) in [6, 6.07) is 9.27. The van der Waals surface area contributed by atoms with Gasteiger partial charge in [0.2, 0.25) is 0 Å². The van der Waals surface area contributed by atoms with Crippen molar-refractivity contribution in [3.05, 3.63) is 42.3 Å². The van der Waals surface area contributed by atoms with Gasteiger partial charge < -0.3 is 0 Å². The molecule has 0 saturated carbocycles. The van der Waals surface area contributed by atoms with Crippen molar-refractivity contribution < 1.29 is 4.39 Å². The van der Waals surface area contributed by atoms with Crippen LogP contribution in [0.3, 0.4) is 0 Å². The molecule has 2 rings (SSSR count). The van der Waals surface area contributed by atoms with Gasteiger partial charge in [0.05, 0.1) is 0 Å². The molecule has 0 amide bonds. The molecule has 1 nitrogen and oxygen atoms in total. The van der Waals surface area contributed by atoms with Crippen LogP contribution in [0, 0.1) is 11.9 Å². The SMILES string of the molecule is Fc1c[c]cc2cccnc12. The van der Waals surface area contributed by atoms with Crippen LogP contribution in [0.1, 0.15) is 0 Å². The first-order valence-electron chi connectivity index (χ1n) is 3.28. The second kappa shape index (κ2) is 2.31. The van der Waals surface area contributed by atoms with E-state index >= 15 is 0 Å². The molecule has 2 heteroatoms. The zero-order chi connectivity index (χ0) is 7.68. The fourth-order valence-corrected chi connectivity index (χ4v) is 1.01. The zero-order valence-electron chi connectivity index (χ0n) is 5.71. The third kappa shape index (κ3) is 0.963. The van der Waals surface area contributed by atoms with Gasteiger partial charge >= 0.3 is 0 Å². The topological polar surface area (TPSA) is 12.9 Å². The molecule has 0 bridgehead atoms. The lowest BCUT2D eigenvalue weighted by Crippen LogP contribution is -1.81. The van der Waals surface area contributed by atoms with Crippen molar-refractivity contribution in [3.63, 3.8) is 0 Å². The molecule has 1 aromatic carbocycles. The van der Waals surface area contributed by atoms with Crippen molar-refractivity contribution in [2.45, 2.75) is 0 Å². The van der Waals surface area contributed by atoms with E-state index in [9.17, 15) is 4.39 Å². The largest absolute Gasteiger partial charge is 0.253 e. The third-order valence-corrected chi connectivity index (χ3v) is 1.51. The van der Waals surface area contributed by atoms with Gasteiger partial charge in [-0.25, -0.2) is 4.39 Å². The summed E-state index contributed by atoms with van der Waals surface area (Å²) in [5.41, 5.74) is 0.409. The number of aromatic nitrogens is 1. The van der Waals surface area contributed by atoms with Crippen molar-refractivity contribution in [1.29, 1.82) is 0 Å². The molecule has 0 N–H and O–H groups in total. The number of hydrogen-bond acceptors (Lipinski definition) is 1. The molecule has 0 aliphatic rings. The molecule has 0 saturated heterocycles. The maximum Gasteiger partial charge on any atom is 0.150 e. The van der Waals surface area contributed by atoms with E-state index < -0.39 is 0 Å². The van der Waals surface area contributed by atoms with Crippen molar-refractivity contribution in [3.8, 4) is 0 Å². The Bertz CT molecular complexity index is 379. The molecule has 0 spiro atoms. The van der Waals surface area contributed by atoms with E-state index in [1.165, 1.54) is 6.07 Å². The molecule has 1 aromatic heterocycles. The Labute approximate surface area is 63.5 Å². The van der Waals surface area contributed by atoms with Crippen LogP contribution < -0.4 is 0 Å². The number of rotatable bonds is 0. The van der Waals surface area contributed by atoms with E-state index in [2.05, 4.69) is 11.1 Å². The molecule has 11 heavy (non-hydrogen) atoms. The zero-order valence-corrected chi connectivity index (χ0v) is 5.71. The summed E-state index contributed by atoms with van der Waals surface area (Å²) in [6.07, 6.45) is 1.57. The van der Waals surface area contributed by atoms with Gasteiger partial charge in [0.1, 0.15) is 11.3 Å². The summed E-state index contributed by atoms with van der Waals surface area (Å²) < 4.78 is 12.9. The maximum absolute atomic E-state index is 12.9. The normalized spacial score (nSPS) is 10.3. The molecule has 0 unspecified atom stereocenters. The Hall–Kier alpha value is -1.44. The number of halogens is 1. The van der Waals surface area contributed by atoms with Crippen LogP contribution in [0.25, 0.3) is 10.9 Å². The van der Waals surface area contributed by atoms with Crippen LogP contribution in [-0.2, 0) is 0 Å². The highest BCUT2D eigenvalue weighted by Gasteiger charge is 1.97. The first-order valence-corrected chi connectivity index (χ1v) is 3.28. The van der Waals surface area contributed by atoms with Gasteiger partial charge in [-0.3, -0.25) is 4.98 Å². The standard InChI is InChI=1S/C9H5FN/c10-8-5-1-3-7-4-2-6-11-9(7)8/h2-6H. The number of benzene rings is 1. The summed E-state index contributed by atoms with van der Waals surface area (Å²) in [5, 5.41) is 0.785. The Kier molecular flexibility index (Phi) is 1.32. The highest BCUT2D eigenvalue weighted by molar-refractivity contribution is 5.78. The molecule has 0 aliphatic heterocycles. The summed E-state index contributed by atoms with van der Waals surface area (Å²) in [7, 11) is 0. The Balaban J connectivity index is 2.91. The van der Waals surface area contributed by atoms with Crippen LogP contribution in [0.4, 0.5) is 4.39 Å². The molecular formula is C9H5FN. The van der Waals surface area contributed by atoms with E-state index in [1.807, 2.05) is 6.07 Å². The van der Waals surface area contributed by atoms with E-state index in [0.717, 1.165) is 5.39 Å². The molecular weight excluding hydrogens is 141 g/mol. The quantitative estimate of drug-likeness (QED) is 0.555. The monoisotopic (exact) mass is 146 g/mol. The Morgan fingerprint density at radius 3 is 3.09 bits per heavy atom. The number of fused-ring (bicyclic) bond motifs is 1. The summed E-state index contributed by atoms with van der Waals surface area (Å²) in [6.45, 7) is 0. The predicted molar refractivity (Wildman–Crippen MR) is 40.5 cm³/mol. The number of pyridine rings is 1. The van der Waals surface area contributed by atoms with Gasteiger partial charge in [-0.05, 0) is 24.3 Å². The fourth-order valence-electron chi connectivity index (χ4n) is 1.01. The van der Waals surface area contributed by atoms with Crippen LogP contribution in [-0.4, -0.2) is 4.98 Å². The van der Waals surface area contributed by atoms with Crippen LogP contribution >= 0.6 is 0 Å². The lowest BCUT2D eigenvalue weighted by atomic mass is 10.2. The smallest absolute Gasteiger partial charge is 0.150 e. The molecule has 1 heterocycles. The second-order valence-corrected chi connectivity index (χ2v) is 2.24. The fraction of sp³-hybridized carbons (Fsp3) is 0. The first-order chi connectivity index (χ1) is 5.38. The van der Waals surface area contributed by atoms with Gasteiger partial charge in [0.15, 0.2) is 0 Å². The number of nitrogens with zero attached hydrogens (tertiary/aromatic N) is 1. The first kappa shape index (κ1) is 6.28. The van der Waals surface area contributed by atoms with Gasteiger partial charge in [-0.1, -0.05) is 6.07 Å². The summed E-state index contributed by atoms with van der Waals surface area (Å²) in [4.78, 5) is 3.89. The van der Waals surface area contributed by atoms with E-state index in [4.69, 9.17) is 0 Å². The minimum atomic E-state index is -0.317. The number of hydrogen-bond donors (Lipinski definition) is 0. The van der Waals surface area contributed by atoms with Crippen LogP contribution in [0.2, 0.25) is 0 Å². The van der Waals surface area contributed by atoms with Gasteiger partial charge in [0.25, 0.3) is 0 Å². The minimum Gasteiger partial charge on any atom is -0.253 e. The highest BCUT2D eigenvalue weighted by atomic mass is 19.1. The highest BCUT2D eigenvalue weighted by Crippen LogP contribution is 2.12. The second-order valence-electron chi connectivity index (χ2n) is 2.24. The van der Waals surface area contributed by atoms with E-state index in [0.29, 0.717) is 5.52 Å². The van der Waals surface area contributed by atoms with Crippen molar-refractivity contribution in [2.75, 3.05) is 0 Å². The van der Waals surface area contributed by atoms with Gasteiger partial charge in [-0.15, -0.1) is 0 Å². The Morgan fingerprint density at radius 1 is 1.36 bits per heavy atom. The third-order valence-electron chi connectivity index (χ3n) is 1.51. The minimum absolute atomic E-state index is 0.317. The van der Waals surface area contributed by atoms with Gasteiger partial charge in [0, 0.05) is 11.6 Å². The van der Waals surface area contributed by atoms with Gasteiger partial charge in [-0.2, -0.15) is 0 Å². The van der Waals surface area contributed by atoms with Crippen molar-refractivity contribution in [1.82, 2.24) is 4.98 Å². The Morgan fingerprint density at radius 2 is 2.27 bits per heavy atom. The summed E-state index contributed by atoms with van der Waals surface area (Å²) in [5.74, 6) is -0.317. The van der Waals surface area contributed by atoms with Crippen molar-refractivity contribution >= 4 is 10.9 Å². The van der Waals surface area contributed by atoms with E-state index in [-0.39, 0.29) is 5.82 Å². The molecule has 0 aliphatic carbocycles. The molecule has 0 atom stereocenters. The van der Waals surface area contributed by atoms with Crippen LogP contribution in [0.5, 0.6) is 0 Å². The molecule has 53 valence electrons. The lowest BCUT2D eigenvalue weighted by Gasteiger charge is -1.94. The maximum atomic E-state index is 12.9. The average Bonchev–Trinajstić information content (AvgIpc) is 2.06. The summed E-state index contributed by atoms with van der Waals surface area (Å²) >= 11 is 0. The molecule has 1 radical (unpaired) electrons. The average molecular weight is 146 g/mol. The van der Waals surface area contributed by atoms with Crippen LogP contribution in [0.15, 0.2) is 30.5 Å². The molecule has 2 aromatic rings. The van der Waals surface area contributed by atoms with Crippen molar-refractivity contribution in [2.24, 2.45) is 0 Å². The predicted octanol–water partition coefficient (Wildman–Crippen LogP) is 2.17. The van der Waals surface area contributed by atoms with E-state index in [1.54, 1.807) is 18.3 Å².